The maximum Gasteiger partial charge on any atom is 0.0948 e. The van der Waals surface area contributed by atoms with Gasteiger partial charge >= 0.3 is 0 Å². The van der Waals surface area contributed by atoms with Crippen LogP contribution in [0.2, 0.25) is 0 Å². The highest BCUT2D eigenvalue weighted by molar-refractivity contribution is 5.49. The van der Waals surface area contributed by atoms with E-state index in [0.717, 1.165) is 16.7 Å². The van der Waals surface area contributed by atoms with Crippen molar-refractivity contribution in [3.8, 4) is 0 Å². The average Bonchev–Trinajstić information content (AvgIpc) is 2.64. The van der Waals surface area contributed by atoms with Gasteiger partial charge in [-0.25, -0.2) is 0 Å². The molecule has 0 heterocycles. The van der Waals surface area contributed by atoms with Crippen LogP contribution < -0.4 is 5.32 Å². The second kappa shape index (κ2) is 7.22. The van der Waals surface area contributed by atoms with E-state index < -0.39 is 11.1 Å². The van der Waals surface area contributed by atoms with Crippen LogP contribution in [0.15, 0.2) is 91.0 Å². The molecule has 0 unspecified atom stereocenters. The predicted molar refractivity (Wildman–Crippen MR) is 104 cm³/mol. The summed E-state index contributed by atoms with van der Waals surface area (Å²) < 4.78 is 0. The maximum absolute atomic E-state index is 10.4. The van der Waals surface area contributed by atoms with Crippen LogP contribution in [0.4, 0.5) is 0 Å². The van der Waals surface area contributed by atoms with E-state index in [2.05, 4.69) is 78.1 Å². The Labute approximate surface area is 150 Å². The highest BCUT2D eigenvalue weighted by atomic mass is 16.3. The predicted octanol–water partition coefficient (Wildman–Crippen LogP) is 4.34. The van der Waals surface area contributed by atoms with Gasteiger partial charge < -0.3 is 5.11 Å². The van der Waals surface area contributed by atoms with Crippen molar-refractivity contribution >= 4 is 0 Å². The van der Waals surface area contributed by atoms with Crippen molar-refractivity contribution in [2.75, 3.05) is 6.54 Å². The molecule has 128 valence electrons. The number of rotatable bonds is 6. The van der Waals surface area contributed by atoms with Gasteiger partial charge in [-0.15, -0.1) is 0 Å². The zero-order valence-electron chi connectivity index (χ0n) is 14.8. The van der Waals surface area contributed by atoms with E-state index in [1.807, 2.05) is 32.0 Å². The largest absolute Gasteiger partial charge is 0.389 e. The summed E-state index contributed by atoms with van der Waals surface area (Å²) >= 11 is 0. The molecule has 0 atom stereocenters. The summed E-state index contributed by atoms with van der Waals surface area (Å²) in [6, 6.07) is 31.2. The lowest BCUT2D eigenvalue weighted by atomic mass is 9.76. The lowest BCUT2D eigenvalue weighted by molar-refractivity contribution is 0.0739. The maximum atomic E-state index is 10.4. The Morgan fingerprint density at radius 1 is 0.640 bits per heavy atom. The summed E-state index contributed by atoms with van der Waals surface area (Å²) in [6.45, 7) is 4.11. The quantitative estimate of drug-likeness (QED) is 0.659. The summed E-state index contributed by atoms with van der Waals surface area (Å²) in [5.41, 5.74) is 2.11. The van der Waals surface area contributed by atoms with Gasteiger partial charge in [-0.3, -0.25) is 5.32 Å². The van der Waals surface area contributed by atoms with Crippen molar-refractivity contribution < 1.29 is 5.11 Å². The molecule has 0 saturated heterocycles. The molecular weight excluding hydrogens is 306 g/mol. The third-order valence-corrected chi connectivity index (χ3v) is 4.41. The Balaban J connectivity index is 2.24. The molecule has 2 heteroatoms. The minimum atomic E-state index is -0.816. The molecule has 0 fully saturated rings. The van der Waals surface area contributed by atoms with Gasteiger partial charge in [-0.2, -0.15) is 0 Å². The molecule has 0 saturated carbocycles. The molecule has 25 heavy (non-hydrogen) atoms. The molecule has 3 aromatic carbocycles. The number of hydrogen-bond acceptors (Lipinski definition) is 2. The van der Waals surface area contributed by atoms with Gasteiger partial charge in [0.05, 0.1) is 11.1 Å². The third kappa shape index (κ3) is 3.81. The van der Waals surface area contributed by atoms with E-state index in [1.54, 1.807) is 0 Å². The van der Waals surface area contributed by atoms with E-state index in [0.29, 0.717) is 6.54 Å². The smallest absolute Gasteiger partial charge is 0.0948 e. The molecule has 0 radical (unpaired) electrons. The van der Waals surface area contributed by atoms with Crippen molar-refractivity contribution in [2.45, 2.75) is 25.0 Å². The summed E-state index contributed by atoms with van der Waals surface area (Å²) in [6.07, 6.45) is 0. The second-order valence-electron chi connectivity index (χ2n) is 7.01. The fraction of sp³-hybridized carbons (Fsp3) is 0.217. The van der Waals surface area contributed by atoms with Crippen molar-refractivity contribution in [3.05, 3.63) is 108 Å². The number of nitrogens with one attached hydrogen (secondary N) is 1. The van der Waals surface area contributed by atoms with Crippen molar-refractivity contribution in [2.24, 2.45) is 0 Å². The lowest BCUT2D eigenvalue weighted by Gasteiger charge is -2.39. The minimum absolute atomic E-state index is 0.464. The topological polar surface area (TPSA) is 32.3 Å². The number of hydrogen-bond donors (Lipinski definition) is 2. The Morgan fingerprint density at radius 2 is 0.960 bits per heavy atom. The van der Waals surface area contributed by atoms with Crippen LogP contribution in [0.25, 0.3) is 0 Å². The van der Waals surface area contributed by atoms with Crippen LogP contribution >= 0.6 is 0 Å². The molecule has 0 amide bonds. The summed E-state index contributed by atoms with van der Waals surface area (Å²) in [5, 5.41) is 14.0. The monoisotopic (exact) mass is 331 g/mol. The zero-order valence-corrected chi connectivity index (χ0v) is 14.8. The SMILES string of the molecule is CC(C)(O)CNC(c1ccccc1)(c1ccccc1)c1ccccc1. The first-order chi connectivity index (χ1) is 12.0. The van der Waals surface area contributed by atoms with E-state index in [4.69, 9.17) is 0 Å². The van der Waals surface area contributed by atoms with E-state index in [-0.39, 0.29) is 0 Å². The Hall–Kier alpha value is -2.42. The lowest BCUT2D eigenvalue weighted by Crippen LogP contribution is -2.50. The fourth-order valence-electron chi connectivity index (χ4n) is 3.22. The minimum Gasteiger partial charge on any atom is -0.389 e. The van der Waals surface area contributed by atoms with Crippen molar-refractivity contribution in [3.63, 3.8) is 0 Å². The molecule has 2 N–H and O–H groups in total. The fourth-order valence-corrected chi connectivity index (χ4v) is 3.22. The highest BCUT2D eigenvalue weighted by Crippen LogP contribution is 2.36. The van der Waals surface area contributed by atoms with Crippen LogP contribution in [0.1, 0.15) is 30.5 Å². The van der Waals surface area contributed by atoms with Crippen LogP contribution in [-0.2, 0) is 5.54 Å². The Kier molecular flexibility index (Phi) is 5.03. The molecule has 3 aromatic rings. The van der Waals surface area contributed by atoms with Crippen LogP contribution in [0.3, 0.4) is 0 Å². The standard InChI is InChI=1S/C23H25NO/c1-22(2,25)18-24-23(19-12-6-3-7-13-19,20-14-8-4-9-15-20)21-16-10-5-11-17-21/h3-17,24-25H,18H2,1-2H3. The van der Waals surface area contributed by atoms with Gasteiger partial charge in [0.15, 0.2) is 0 Å². The van der Waals surface area contributed by atoms with Gasteiger partial charge in [0.2, 0.25) is 0 Å². The van der Waals surface area contributed by atoms with Crippen LogP contribution in [-0.4, -0.2) is 17.3 Å². The van der Waals surface area contributed by atoms with Gasteiger partial charge in [0.25, 0.3) is 0 Å². The summed E-state index contributed by atoms with van der Waals surface area (Å²) in [5.74, 6) is 0. The van der Waals surface area contributed by atoms with E-state index >= 15 is 0 Å². The molecule has 2 nitrogen and oxygen atoms in total. The molecule has 0 aliphatic carbocycles. The zero-order chi connectivity index (χ0) is 17.8. The molecule has 0 aliphatic heterocycles. The highest BCUT2D eigenvalue weighted by Gasteiger charge is 2.36. The summed E-state index contributed by atoms with van der Waals surface area (Å²) in [4.78, 5) is 0. The van der Waals surface area contributed by atoms with E-state index in [9.17, 15) is 5.11 Å². The number of aliphatic hydroxyl groups is 1. The molecule has 3 rings (SSSR count). The van der Waals surface area contributed by atoms with Crippen LogP contribution in [0.5, 0.6) is 0 Å². The number of benzene rings is 3. The molecule has 0 bridgehead atoms. The van der Waals surface area contributed by atoms with Gasteiger partial charge in [0.1, 0.15) is 0 Å². The normalized spacial score (nSPS) is 12.1. The van der Waals surface area contributed by atoms with Gasteiger partial charge in [0, 0.05) is 6.54 Å². The molecule has 0 aromatic heterocycles. The van der Waals surface area contributed by atoms with Crippen LogP contribution in [0, 0.1) is 0 Å². The third-order valence-electron chi connectivity index (χ3n) is 4.41. The average molecular weight is 331 g/mol. The van der Waals surface area contributed by atoms with Crippen molar-refractivity contribution in [1.82, 2.24) is 5.32 Å². The van der Waals surface area contributed by atoms with Gasteiger partial charge in [-0.05, 0) is 30.5 Å². The molecule has 0 spiro atoms. The van der Waals surface area contributed by atoms with Crippen molar-refractivity contribution in [1.29, 1.82) is 0 Å². The first-order valence-corrected chi connectivity index (χ1v) is 8.66. The Morgan fingerprint density at radius 3 is 1.24 bits per heavy atom. The summed E-state index contributed by atoms with van der Waals surface area (Å²) in [7, 11) is 0. The first-order valence-electron chi connectivity index (χ1n) is 8.66. The Bertz CT molecular complexity index is 680. The van der Waals surface area contributed by atoms with Gasteiger partial charge in [-0.1, -0.05) is 91.0 Å². The molecular formula is C23H25NO. The second-order valence-corrected chi connectivity index (χ2v) is 7.01. The van der Waals surface area contributed by atoms with E-state index in [1.165, 1.54) is 0 Å². The molecule has 0 aliphatic rings. The first kappa shape index (κ1) is 17.4.